The summed E-state index contributed by atoms with van der Waals surface area (Å²) in [5.74, 6) is 0.211. The molecule has 1 saturated heterocycles. The van der Waals surface area contributed by atoms with Crippen LogP contribution in [0.25, 0.3) is 10.2 Å². The molecular weight excluding hydrogens is 375 g/mol. The van der Waals surface area contributed by atoms with Crippen LogP contribution in [-0.4, -0.2) is 36.1 Å². The highest BCUT2D eigenvalue weighted by Gasteiger charge is 2.31. The molecular formula is C19H18F3N3OS. The third-order valence-electron chi connectivity index (χ3n) is 4.47. The molecule has 0 amide bonds. The Kier molecular flexibility index (Phi) is 5.03. The van der Waals surface area contributed by atoms with Gasteiger partial charge >= 0.3 is 6.18 Å². The largest absolute Gasteiger partial charge is 0.431 e. The van der Waals surface area contributed by atoms with Crippen molar-refractivity contribution in [2.24, 2.45) is 0 Å². The van der Waals surface area contributed by atoms with Crippen molar-refractivity contribution >= 4 is 21.6 Å². The van der Waals surface area contributed by atoms with E-state index in [0.717, 1.165) is 54.1 Å². The first-order valence-corrected chi connectivity index (χ1v) is 9.47. The maximum Gasteiger partial charge on any atom is 0.416 e. The van der Waals surface area contributed by atoms with E-state index >= 15 is 0 Å². The molecule has 2 aromatic carbocycles. The van der Waals surface area contributed by atoms with Crippen LogP contribution in [0.2, 0.25) is 0 Å². The fourth-order valence-corrected chi connectivity index (χ4v) is 3.88. The molecule has 0 bridgehead atoms. The fourth-order valence-electron chi connectivity index (χ4n) is 3.06. The number of para-hydroxylation sites is 1. The van der Waals surface area contributed by atoms with Crippen LogP contribution in [0.4, 0.5) is 13.2 Å². The lowest BCUT2D eigenvalue weighted by Crippen LogP contribution is -2.42. The topological polar surface area (TPSA) is 37.4 Å². The van der Waals surface area contributed by atoms with Gasteiger partial charge < -0.3 is 10.1 Å². The van der Waals surface area contributed by atoms with E-state index < -0.39 is 11.7 Å². The lowest BCUT2D eigenvalue weighted by atomic mass is 10.1. The number of hydrogen-bond acceptors (Lipinski definition) is 5. The molecule has 1 aliphatic rings. The first-order valence-electron chi connectivity index (χ1n) is 8.66. The average Bonchev–Trinajstić information content (AvgIpc) is 3.05. The monoisotopic (exact) mass is 393 g/mol. The molecule has 8 heteroatoms. The Bertz CT molecular complexity index is 902. The zero-order valence-corrected chi connectivity index (χ0v) is 15.2. The van der Waals surface area contributed by atoms with Crippen molar-refractivity contribution in [1.29, 1.82) is 0 Å². The number of fused-ring (bicyclic) bond motifs is 1. The normalized spacial score (nSPS) is 16.0. The van der Waals surface area contributed by atoms with E-state index in [1.165, 1.54) is 17.4 Å². The fraction of sp³-hybridized carbons (Fsp3) is 0.316. The van der Waals surface area contributed by atoms with E-state index in [1.807, 2.05) is 24.3 Å². The SMILES string of the molecule is FC(F)(F)c1ccc(CN2CCNCC2)c(Oc2nc3ccccc3s2)c1. The number of rotatable bonds is 4. The molecule has 0 unspecified atom stereocenters. The molecule has 0 aliphatic carbocycles. The van der Waals surface area contributed by atoms with E-state index in [1.54, 1.807) is 0 Å². The van der Waals surface area contributed by atoms with Crippen molar-refractivity contribution in [1.82, 2.24) is 15.2 Å². The van der Waals surface area contributed by atoms with Crippen LogP contribution >= 0.6 is 11.3 Å². The van der Waals surface area contributed by atoms with E-state index in [-0.39, 0.29) is 5.75 Å². The van der Waals surface area contributed by atoms with E-state index in [9.17, 15) is 13.2 Å². The van der Waals surface area contributed by atoms with Gasteiger partial charge in [-0.15, -0.1) is 0 Å². The molecule has 1 aliphatic heterocycles. The standard InChI is InChI=1S/C19H18F3N3OS/c20-19(21,22)14-6-5-13(12-25-9-7-23-8-10-25)16(11-14)26-18-24-15-3-1-2-4-17(15)27-18/h1-6,11,23H,7-10,12H2. The van der Waals surface area contributed by atoms with Crippen LogP contribution in [0.3, 0.4) is 0 Å². The smallest absolute Gasteiger partial charge is 0.416 e. The predicted octanol–water partition coefficient (Wildman–Crippen LogP) is 4.51. The number of halogens is 3. The Morgan fingerprint density at radius 3 is 2.63 bits per heavy atom. The van der Waals surface area contributed by atoms with Crippen LogP contribution in [0, 0.1) is 0 Å². The summed E-state index contributed by atoms with van der Waals surface area (Å²) >= 11 is 1.32. The maximum absolute atomic E-state index is 13.2. The first-order chi connectivity index (χ1) is 13.0. The number of ether oxygens (including phenoxy) is 1. The lowest BCUT2D eigenvalue weighted by molar-refractivity contribution is -0.137. The molecule has 0 radical (unpaired) electrons. The predicted molar refractivity (Wildman–Crippen MR) is 99.3 cm³/mol. The van der Waals surface area contributed by atoms with Crippen molar-refractivity contribution in [2.45, 2.75) is 12.7 Å². The Balaban J connectivity index is 1.66. The van der Waals surface area contributed by atoms with E-state index in [2.05, 4.69) is 15.2 Å². The number of aromatic nitrogens is 1. The number of alkyl halides is 3. The van der Waals surface area contributed by atoms with Crippen molar-refractivity contribution in [2.75, 3.05) is 26.2 Å². The zero-order valence-electron chi connectivity index (χ0n) is 14.4. The number of nitrogens with zero attached hydrogens (tertiary/aromatic N) is 2. The Hall–Kier alpha value is -2.16. The van der Waals surface area contributed by atoms with Gasteiger partial charge in [-0.2, -0.15) is 13.2 Å². The van der Waals surface area contributed by atoms with Gasteiger partial charge in [0.25, 0.3) is 5.19 Å². The minimum atomic E-state index is -4.42. The van der Waals surface area contributed by atoms with Crippen molar-refractivity contribution in [3.05, 3.63) is 53.6 Å². The molecule has 1 N–H and O–H groups in total. The molecule has 1 aromatic heterocycles. The summed E-state index contributed by atoms with van der Waals surface area (Å²) in [5.41, 5.74) is 0.778. The Morgan fingerprint density at radius 2 is 1.89 bits per heavy atom. The summed E-state index contributed by atoms with van der Waals surface area (Å²) in [6.45, 7) is 3.98. The van der Waals surface area contributed by atoms with Gasteiger partial charge in [-0.25, -0.2) is 4.98 Å². The van der Waals surface area contributed by atoms with Gasteiger partial charge in [-0.05, 0) is 24.3 Å². The summed E-state index contributed by atoms with van der Waals surface area (Å²) in [6, 6.07) is 11.2. The van der Waals surface area contributed by atoms with Gasteiger partial charge in [0.2, 0.25) is 0 Å². The highest BCUT2D eigenvalue weighted by Crippen LogP contribution is 2.37. The minimum Gasteiger partial charge on any atom is -0.431 e. The molecule has 2 heterocycles. The third kappa shape index (κ3) is 4.23. The number of benzene rings is 2. The second-order valence-electron chi connectivity index (χ2n) is 6.40. The van der Waals surface area contributed by atoms with Crippen LogP contribution in [-0.2, 0) is 12.7 Å². The molecule has 0 spiro atoms. The molecule has 4 nitrogen and oxygen atoms in total. The molecule has 1 fully saturated rings. The van der Waals surface area contributed by atoms with Crippen LogP contribution in [0.15, 0.2) is 42.5 Å². The summed E-state index contributed by atoms with van der Waals surface area (Å²) in [6.07, 6.45) is -4.42. The highest BCUT2D eigenvalue weighted by atomic mass is 32.1. The summed E-state index contributed by atoms with van der Waals surface area (Å²) in [7, 11) is 0. The van der Waals surface area contributed by atoms with Gasteiger partial charge in [0, 0.05) is 38.3 Å². The Morgan fingerprint density at radius 1 is 1.11 bits per heavy atom. The van der Waals surface area contributed by atoms with E-state index in [4.69, 9.17) is 4.74 Å². The maximum atomic E-state index is 13.2. The average molecular weight is 393 g/mol. The second-order valence-corrected chi connectivity index (χ2v) is 7.39. The highest BCUT2D eigenvalue weighted by molar-refractivity contribution is 7.20. The number of thiazole rings is 1. The Labute approximate surface area is 158 Å². The second kappa shape index (κ2) is 7.46. The van der Waals surface area contributed by atoms with Crippen LogP contribution in [0.1, 0.15) is 11.1 Å². The quantitative estimate of drug-likeness (QED) is 0.708. The number of hydrogen-bond donors (Lipinski definition) is 1. The summed E-state index contributed by atoms with van der Waals surface area (Å²) < 4.78 is 46.3. The first kappa shape index (κ1) is 18.2. The van der Waals surface area contributed by atoms with E-state index in [0.29, 0.717) is 11.7 Å². The van der Waals surface area contributed by atoms with Crippen LogP contribution < -0.4 is 10.1 Å². The van der Waals surface area contributed by atoms with Gasteiger partial charge in [0.05, 0.1) is 15.8 Å². The molecule has 4 rings (SSSR count). The van der Waals surface area contributed by atoms with Crippen LogP contribution in [0.5, 0.6) is 10.9 Å². The van der Waals surface area contributed by atoms with Crippen molar-refractivity contribution in [3.63, 3.8) is 0 Å². The third-order valence-corrected chi connectivity index (χ3v) is 5.38. The van der Waals surface area contributed by atoms with Crippen molar-refractivity contribution in [3.8, 4) is 10.9 Å². The zero-order chi connectivity index (χ0) is 18.9. The minimum absolute atomic E-state index is 0.211. The molecule has 0 atom stereocenters. The van der Waals surface area contributed by atoms with Gasteiger partial charge in [-0.3, -0.25) is 4.90 Å². The molecule has 0 saturated carbocycles. The molecule has 27 heavy (non-hydrogen) atoms. The van der Waals surface area contributed by atoms with Crippen molar-refractivity contribution < 1.29 is 17.9 Å². The summed E-state index contributed by atoms with van der Waals surface area (Å²) in [5, 5.41) is 3.61. The molecule has 142 valence electrons. The number of nitrogens with one attached hydrogen (secondary N) is 1. The lowest BCUT2D eigenvalue weighted by Gasteiger charge is -2.27. The van der Waals surface area contributed by atoms with Gasteiger partial charge in [0.15, 0.2) is 0 Å². The summed E-state index contributed by atoms with van der Waals surface area (Å²) in [4.78, 5) is 6.58. The number of piperazine rings is 1. The van der Waals surface area contributed by atoms with Gasteiger partial charge in [0.1, 0.15) is 5.75 Å². The molecule has 3 aromatic rings. The van der Waals surface area contributed by atoms with Gasteiger partial charge in [-0.1, -0.05) is 29.5 Å².